The Morgan fingerprint density at radius 1 is 1.38 bits per heavy atom. The summed E-state index contributed by atoms with van der Waals surface area (Å²) < 4.78 is 0. The van der Waals surface area contributed by atoms with Crippen LogP contribution in [-0.4, -0.2) is 13.1 Å². The van der Waals surface area contributed by atoms with Gasteiger partial charge in [-0.25, -0.2) is 0 Å². The molecule has 1 atom stereocenters. The first-order valence-corrected chi connectivity index (χ1v) is 8.40. The first kappa shape index (κ1) is 16.6. The van der Waals surface area contributed by atoms with E-state index in [-0.39, 0.29) is 0 Å². The molecule has 1 aromatic rings. The average molecular weight is 325 g/mol. The lowest BCUT2D eigenvalue weighted by molar-refractivity contribution is -0.647. The van der Waals surface area contributed by atoms with E-state index >= 15 is 0 Å². The predicted molar refractivity (Wildman–Crippen MR) is 92.1 cm³/mol. The Kier molecular flexibility index (Phi) is 6.35. The molecule has 0 aliphatic heterocycles. The molecule has 0 aromatic heterocycles. The first-order valence-electron chi connectivity index (χ1n) is 7.65. The first-order chi connectivity index (χ1) is 10.1. The fourth-order valence-electron chi connectivity index (χ4n) is 2.79. The molecule has 0 unspecified atom stereocenters. The Labute approximate surface area is 138 Å². The van der Waals surface area contributed by atoms with Crippen molar-refractivity contribution >= 4 is 23.2 Å². The van der Waals surface area contributed by atoms with E-state index in [0.717, 1.165) is 24.5 Å². The maximum Gasteiger partial charge on any atom is 0.0972 e. The Morgan fingerprint density at radius 2 is 2.19 bits per heavy atom. The van der Waals surface area contributed by atoms with Crippen LogP contribution in [0.2, 0.25) is 10.0 Å². The highest BCUT2D eigenvalue weighted by atomic mass is 35.5. The summed E-state index contributed by atoms with van der Waals surface area (Å²) in [7, 11) is 0. The van der Waals surface area contributed by atoms with Crippen molar-refractivity contribution in [2.75, 3.05) is 13.1 Å². The summed E-state index contributed by atoms with van der Waals surface area (Å²) in [5.74, 6) is 0.696. The van der Waals surface area contributed by atoms with Gasteiger partial charge in [0.05, 0.1) is 13.1 Å². The van der Waals surface area contributed by atoms with Crippen LogP contribution < -0.4 is 5.32 Å². The number of hydrogen-bond acceptors (Lipinski definition) is 0. The lowest BCUT2D eigenvalue weighted by Crippen LogP contribution is -2.85. The smallest absolute Gasteiger partial charge is 0.0972 e. The van der Waals surface area contributed by atoms with Gasteiger partial charge in [-0.05, 0) is 55.4 Å². The van der Waals surface area contributed by atoms with Crippen LogP contribution in [-0.2, 0) is 6.42 Å². The third-order valence-corrected chi connectivity index (χ3v) is 4.83. The van der Waals surface area contributed by atoms with Crippen molar-refractivity contribution in [1.82, 2.24) is 0 Å². The summed E-state index contributed by atoms with van der Waals surface area (Å²) in [6.07, 6.45) is 7.04. The monoisotopic (exact) mass is 324 g/mol. The van der Waals surface area contributed by atoms with Gasteiger partial charge in [-0.2, -0.15) is 0 Å². The zero-order valence-corrected chi connectivity index (χ0v) is 14.2. The molecule has 0 fully saturated rings. The van der Waals surface area contributed by atoms with Crippen molar-refractivity contribution in [3.63, 3.8) is 0 Å². The maximum atomic E-state index is 6.18. The van der Waals surface area contributed by atoms with E-state index < -0.39 is 0 Å². The number of benzene rings is 1. The van der Waals surface area contributed by atoms with E-state index in [2.05, 4.69) is 24.9 Å². The van der Waals surface area contributed by atoms with Crippen molar-refractivity contribution in [2.24, 2.45) is 5.92 Å². The summed E-state index contributed by atoms with van der Waals surface area (Å²) in [5.41, 5.74) is 4.08. The van der Waals surface area contributed by atoms with Crippen LogP contribution in [0.25, 0.3) is 0 Å². The van der Waals surface area contributed by atoms with E-state index in [9.17, 15) is 0 Å². The second-order valence-electron chi connectivity index (χ2n) is 5.95. The minimum atomic E-state index is 0.696. The van der Waals surface area contributed by atoms with E-state index in [1.54, 1.807) is 5.57 Å². The quantitative estimate of drug-likeness (QED) is 0.590. The molecule has 1 nitrogen and oxygen atoms in total. The molecule has 0 heterocycles. The van der Waals surface area contributed by atoms with Crippen molar-refractivity contribution in [3.05, 3.63) is 57.6 Å². The molecule has 21 heavy (non-hydrogen) atoms. The van der Waals surface area contributed by atoms with Gasteiger partial charge in [0.25, 0.3) is 0 Å². The molecule has 2 rings (SSSR count). The Balaban J connectivity index is 1.72. The van der Waals surface area contributed by atoms with E-state index in [4.69, 9.17) is 23.2 Å². The van der Waals surface area contributed by atoms with Crippen LogP contribution in [0.1, 0.15) is 31.7 Å². The van der Waals surface area contributed by atoms with Gasteiger partial charge in [-0.15, -0.1) is 0 Å². The molecule has 0 radical (unpaired) electrons. The van der Waals surface area contributed by atoms with E-state index in [0.29, 0.717) is 10.9 Å². The lowest BCUT2D eigenvalue weighted by atomic mass is 9.85. The van der Waals surface area contributed by atoms with Crippen LogP contribution in [0.3, 0.4) is 0 Å². The van der Waals surface area contributed by atoms with Gasteiger partial charge >= 0.3 is 0 Å². The third kappa shape index (κ3) is 5.18. The Bertz CT molecular complexity index is 534. The average Bonchev–Trinajstić information content (AvgIpc) is 2.46. The topological polar surface area (TPSA) is 16.6 Å². The number of rotatable bonds is 6. The van der Waals surface area contributed by atoms with E-state index in [1.165, 1.54) is 30.4 Å². The fraction of sp³-hybridized carbons (Fsp3) is 0.444. The number of allylic oxidation sites excluding steroid dienone is 2. The second-order valence-corrected chi connectivity index (χ2v) is 6.79. The molecular weight excluding hydrogens is 301 g/mol. The van der Waals surface area contributed by atoms with Crippen LogP contribution in [0.15, 0.2) is 42.0 Å². The van der Waals surface area contributed by atoms with E-state index in [1.807, 2.05) is 18.2 Å². The number of nitrogens with two attached hydrogens (primary N) is 1. The Hall–Kier alpha value is -0.760. The summed E-state index contributed by atoms with van der Waals surface area (Å²) >= 11 is 12.1. The minimum absolute atomic E-state index is 0.696. The lowest BCUT2D eigenvalue weighted by Gasteiger charge is -2.21. The summed E-state index contributed by atoms with van der Waals surface area (Å²) in [5, 5.41) is 3.85. The SMILES string of the molecule is C=C(C)[C@H]1CC=C(C[NH2+]CCc2ccc(Cl)cc2Cl)CC1. The van der Waals surface area contributed by atoms with Gasteiger partial charge in [0, 0.05) is 16.5 Å². The van der Waals surface area contributed by atoms with Gasteiger partial charge in [0.1, 0.15) is 0 Å². The minimum Gasteiger partial charge on any atom is -0.343 e. The molecule has 2 N–H and O–H groups in total. The van der Waals surface area contributed by atoms with Crippen LogP contribution >= 0.6 is 23.2 Å². The highest BCUT2D eigenvalue weighted by molar-refractivity contribution is 6.35. The van der Waals surface area contributed by atoms with Gasteiger partial charge in [-0.3, -0.25) is 0 Å². The highest BCUT2D eigenvalue weighted by Crippen LogP contribution is 2.27. The van der Waals surface area contributed by atoms with Gasteiger partial charge in [-0.1, -0.05) is 47.5 Å². The zero-order chi connectivity index (χ0) is 15.2. The molecule has 3 heteroatoms. The molecule has 0 amide bonds. The Morgan fingerprint density at radius 3 is 2.81 bits per heavy atom. The molecule has 0 saturated carbocycles. The number of hydrogen-bond donors (Lipinski definition) is 1. The highest BCUT2D eigenvalue weighted by Gasteiger charge is 2.15. The normalized spacial score (nSPS) is 18.4. The summed E-state index contributed by atoms with van der Waals surface area (Å²) in [6.45, 7) is 8.38. The second kappa shape index (κ2) is 8.03. The molecule has 1 aromatic carbocycles. The largest absolute Gasteiger partial charge is 0.343 e. The van der Waals surface area contributed by atoms with Gasteiger partial charge in [0.15, 0.2) is 0 Å². The van der Waals surface area contributed by atoms with Crippen molar-refractivity contribution in [3.8, 4) is 0 Å². The van der Waals surface area contributed by atoms with Crippen LogP contribution in [0.5, 0.6) is 0 Å². The molecule has 114 valence electrons. The fourth-order valence-corrected chi connectivity index (χ4v) is 3.29. The number of halogens is 2. The van der Waals surface area contributed by atoms with Gasteiger partial charge < -0.3 is 5.32 Å². The molecule has 1 aliphatic carbocycles. The van der Waals surface area contributed by atoms with Crippen molar-refractivity contribution in [2.45, 2.75) is 32.6 Å². The zero-order valence-electron chi connectivity index (χ0n) is 12.7. The number of quaternary nitrogens is 1. The summed E-state index contributed by atoms with van der Waals surface area (Å²) in [6, 6.07) is 5.75. The summed E-state index contributed by atoms with van der Waals surface area (Å²) in [4.78, 5) is 0. The third-order valence-electron chi connectivity index (χ3n) is 4.24. The van der Waals surface area contributed by atoms with Gasteiger partial charge in [0.2, 0.25) is 0 Å². The van der Waals surface area contributed by atoms with Crippen molar-refractivity contribution < 1.29 is 5.32 Å². The van der Waals surface area contributed by atoms with Crippen molar-refractivity contribution in [1.29, 1.82) is 0 Å². The van der Waals surface area contributed by atoms with Crippen LogP contribution in [0.4, 0.5) is 0 Å². The predicted octanol–water partition coefficient (Wildman–Crippen LogP) is 4.40. The molecular formula is C18H24Cl2N+. The maximum absolute atomic E-state index is 6.18. The molecule has 1 aliphatic rings. The molecule has 0 bridgehead atoms. The van der Waals surface area contributed by atoms with Crippen LogP contribution in [0, 0.1) is 5.92 Å². The standard InChI is InChI=1S/C18H23Cl2N/c1-13(2)15-5-3-14(4-6-15)12-21-10-9-16-7-8-17(19)11-18(16)20/h3,7-8,11,15,21H,1,4-6,9-10,12H2,2H3/p+1/t15-/m0/s1. The molecule has 0 spiro atoms. The molecule has 0 saturated heterocycles.